The number of ether oxygens (including phenoxy) is 2. The van der Waals surface area contributed by atoms with Crippen LogP contribution in [0.4, 0.5) is 0 Å². The number of rotatable bonds is 6. The smallest absolute Gasteiger partial charge is 0.311 e. The molecule has 2 aromatic rings. The van der Waals surface area contributed by atoms with Crippen molar-refractivity contribution in [3.63, 3.8) is 0 Å². The quantitative estimate of drug-likeness (QED) is 0.425. The topological polar surface area (TPSA) is 52.6 Å². The van der Waals surface area contributed by atoms with Crippen LogP contribution in [-0.4, -0.2) is 11.9 Å². The van der Waals surface area contributed by atoms with E-state index in [0.29, 0.717) is 0 Å². The molecule has 0 heterocycles. The van der Waals surface area contributed by atoms with E-state index in [1.807, 2.05) is 0 Å². The number of hydrogen-bond acceptors (Lipinski definition) is 4. The maximum absolute atomic E-state index is 11.8. The van der Waals surface area contributed by atoms with Crippen molar-refractivity contribution in [1.29, 1.82) is 0 Å². The van der Waals surface area contributed by atoms with Crippen molar-refractivity contribution in [1.82, 2.24) is 0 Å². The average Bonchev–Trinajstić information content (AvgIpc) is 2.55. The molecular weight excluding hydrogens is 410 g/mol. The van der Waals surface area contributed by atoms with Crippen molar-refractivity contribution in [3.8, 4) is 11.5 Å². The van der Waals surface area contributed by atoms with Crippen LogP contribution < -0.4 is 9.47 Å². The van der Waals surface area contributed by atoms with Crippen LogP contribution >= 0.6 is 46.4 Å². The van der Waals surface area contributed by atoms with Crippen molar-refractivity contribution in [2.75, 3.05) is 0 Å². The lowest BCUT2D eigenvalue weighted by molar-refractivity contribution is -0.136. The predicted octanol–water partition coefficient (Wildman–Crippen LogP) is 5.98. The molecule has 2 rings (SSSR count). The molecule has 132 valence electrons. The highest BCUT2D eigenvalue weighted by Gasteiger charge is 2.14. The standard InChI is InChI=1S/C17H12Cl4O4/c18-10-4-2-7-13(16(10)21)24-14(22)8-3-9-15(23)25-17-11(19)5-1-6-12(17)20/h1-2,4-7H,3,8-9H2. The van der Waals surface area contributed by atoms with Gasteiger partial charge in [-0.15, -0.1) is 0 Å². The van der Waals surface area contributed by atoms with Crippen LogP contribution in [0.3, 0.4) is 0 Å². The zero-order valence-corrected chi connectivity index (χ0v) is 15.8. The highest BCUT2D eigenvalue weighted by atomic mass is 35.5. The summed E-state index contributed by atoms with van der Waals surface area (Å²) >= 11 is 23.6. The summed E-state index contributed by atoms with van der Waals surface area (Å²) in [7, 11) is 0. The van der Waals surface area contributed by atoms with Gasteiger partial charge in [-0.05, 0) is 30.7 Å². The van der Waals surface area contributed by atoms with E-state index in [4.69, 9.17) is 55.9 Å². The van der Waals surface area contributed by atoms with Gasteiger partial charge in [0.2, 0.25) is 0 Å². The summed E-state index contributed by atoms with van der Waals surface area (Å²) in [4.78, 5) is 23.6. The van der Waals surface area contributed by atoms with E-state index in [1.54, 1.807) is 30.3 Å². The molecule has 2 aromatic carbocycles. The molecule has 0 aliphatic carbocycles. The van der Waals surface area contributed by atoms with Crippen molar-refractivity contribution in [3.05, 3.63) is 56.5 Å². The Kier molecular flexibility index (Phi) is 7.38. The summed E-state index contributed by atoms with van der Waals surface area (Å²) in [5.41, 5.74) is 0. The van der Waals surface area contributed by atoms with Gasteiger partial charge < -0.3 is 9.47 Å². The van der Waals surface area contributed by atoms with Crippen molar-refractivity contribution in [2.24, 2.45) is 0 Å². The molecule has 0 aliphatic heterocycles. The van der Waals surface area contributed by atoms with Crippen molar-refractivity contribution in [2.45, 2.75) is 19.3 Å². The Hall–Kier alpha value is -1.46. The minimum atomic E-state index is -0.552. The van der Waals surface area contributed by atoms with Crippen LogP contribution in [0, 0.1) is 0 Å². The Morgan fingerprint density at radius 2 is 1.28 bits per heavy atom. The van der Waals surface area contributed by atoms with E-state index < -0.39 is 11.9 Å². The predicted molar refractivity (Wildman–Crippen MR) is 98.0 cm³/mol. The van der Waals surface area contributed by atoms with E-state index in [1.165, 1.54) is 6.07 Å². The largest absolute Gasteiger partial charge is 0.425 e. The van der Waals surface area contributed by atoms with Crippen LogP contribution in [0.15, 0.2) is 36.4 Å². The molecule has 0 aliphatic rings. The average molecular weight is 422 g/mol. The molecule has 0 fully saturated rings. The van der Waals surface area contributed by atoms with Crippen LogP contribution in [0.1, 0.15) is 19.3 Å². The van der Waals surface area contributed by atoms with E-state index in [-0.39, 0.29) is 50.9 Å². The molecule has 4 nitrogen and oxygen atoms in total. The number of carbonyl (C=O) groups excluding carboxylic acids is 2. The van der Waals surface area contributed by atoms with Gasteiger partial charge in [-0.25, -0.2) is 0 Å². The first-order valence-corrected chi connectivity index (χ1v) is 8.69. The highest BCUT2D eigenvalue weighted by molar-refractivity contribution is 6.43. The summed E-state index contributed by atoms with van der Waals surface area (Å²) in [6, 6.07) is 9.47. The SMILES string of the molecule is O=C(CCCC(=O)Oc1c(Cl)cccc1Cl)Oc1cccc(Cl)c1Cl. The van der Waals surface area contributed by atoms with Gasteiger partial charge in [0.1, 0.15) is 5.02 Å². The molecule has 0 bridgehead atoms. The number of halogens is 4. The molecule has 0 aromatic heterocycles. The Bertz CT molecular complexity index is 772. The summed E-state index contributed by atoms with van der Waals surface area (Å²) < 4.78 is 10.2. The molecule has 8 heteroatoms. The normalized spacial score (nSPS) is 10.4. The Morgan fingerprint density at radius 3 is 1.92 bits per heavy atom. The monoisotopic (exact) mass is 420 g/mol. The number of para-hydroxylation sites is 1. The van der Waals surface area contributed by atoms with E-state index in [0.717, 1.165) is 0 Å². The van der Waals surface area contributed by atoms with Crippen LogP contribution in [0.25, 0.3) is 0 Å². The fraction of sp³-hybridized carbons (Fsp3) is 0.176. The summed E-state index contributed by atoms with van der Waals surface area (Å²) in [6.07, 6.45) is 0.242. The third-order valence-corrected chi connectivity index (χ3v) is 4.43. The first-order valence-electron chi connectivity index (χ1n) is 7.18. The van der Waals surface area contributed by atoms with Gasteiger partial charge in [0.25, 0.3) is 0 Å². The van der Waals surface area contributed by atoms with Crippen molar-refractivity contribution < 1.29 is 19.1 Å². The lowest BCUT2D eigenvalue weighted by Gasteiger charge is -2.08. The second-order valence-corrected chi connectivity index (χ2v) is 6.50. The number of carbonyl (C=O) groups is 2. The van der Waals surface area contributed by atoms with E-state index >= 15 is 0 Å². The number of benzene rings is 2. The molecule has 0 amide bonds. The van der Waals surface area contributed by atoms with Crippen LogP contribution in [0.2, 0.25) is 20.1 Å². The maximum atomic E-state index is 11.8. The lowest BCUT2D eigenvalue weighted by atomic mass is 10.2. The number of esters is 2. The minimum Gasteiger partial charge on any atom is -0.425 e. The minimum absolute atomic E-state index is 0.0000694. The third kappa shape index (κ3) is 5.79. The van der Waals surface area contributed by atoms with Crippen molar-refractivity contribution >= 4 is 58.3 Å². The van der Waals surface area contributed by atoms with Gasteiger partial charge >= 0.3 is 11.9 Å². The van der Waals surface area contributed by atoms with Gasteiger partial charge in [-0.1, -0.05) is 58.5 Å². The first kappa shape index (κ1) is 19.9. The van der Waals surface area contributed by atoms with Crippen LogP contribution in [-0.2, 0) is 9.59 Å². The van der Waals surface area contributed by atoms with Crippen LogP contribution in [0.5, 0.6) is 11.5 Å². The lowest BCUT2D eigenvalue weighted by Crippen LogP contribution is -2.12. The Labute approximate surface area is 164 Å². The van der Waals surface area contributed by atoms with Gasteiger partial charge in [0, 0.05) is 12.8 Å². The fourth-order valence-corrected chi connectivity index (χ4v) is 2.66. The zero-order chi connectivity index (χ0) is 18.4. The molecule has 25 heavy (non-hydrogen) atoms. The summed E-state index contributed by atoms with van der Waals surface area (Å²) in [6.45, 7) is 0. The first-order chi connectivity index (χ1) is 11.9. The van der Waals surface area contributed by atoms with Gasteiger partial charge in [0.15, 0.2) is 11.5 Å². The summed E-state index contributed by atoms with van der Waals surface area (Å²) in [5.74, 6) is -0.815. The molecule has 0 saturated carbocycles. The fourth-order valence-electron chi connectivity index (χ4n) is 1.86. The molecule has 0 saturated heterocycles. The van der Waals surface area contributed by atoms with Gasteiger partial charge in [0.05, 0.1) is 15.1 Å². The second-order valence-electron chi connectivity index (χ2n) is 4.90. The second kappa shape index (κ2) is 9.30. The Balaban J connectivity index is 1.81. The molecule has 0 atom stereocenters. The third-order valence-electron chi connectivity index (χ3n) is 3.04. The summed E-state index contributed by atoms with van der Waals surface area (Å²) in [5, 5.41) is 0.907. The zero-order valence-electron chi connectivity index (χ0n) is 12.7. The van der Waals surface area contributed by atoms with E-state index in [9.17, 15) is 9.59 Å². The molecule has 0 unspecified atom stereocenters. The van der Waals surface area contributed by atoms with Gasteiger partial charge in [-0.3, -0.25) is 9.59 Å². The van der Waals surface area contributed by atoms with Gasteiger partial charge in [-0.2, -0.15) is 0 Å². The Morgan fingerprint density at radius 1 is 0.760 bits per heavy atom. The molecule has 0 radical (unpaired) electrons. The highest BCUT2D eigenvalue weighted by Crippen LogP contribution is 2.33. The molecule has 0 spiro atoms. The molecular formula is C17H12Cl4O4. The van der Waals surface area contributed by atoms with E-state index in [2.05, 4.69) is 0 Å². The molecule has 0 N–H and O–H groups in total. The maximum Gasteiger partial charge on any atom is 0.311 e. The number of hydrogen-bond donors (Lipinski definition) is 0.